The van der Waals surface area contributed by atoms with Crippen molar-refractivity contribution in [2.75, 3.05) is 11.5 Å². The fraction of sp³-hybridized carbons (Fsp3) is 0.800. The molecule has 0 aliphatic rings. The molecule has 0 heterocycles. The van der Waals surface area contributed by atoms with Gasteiger partial charge in [0.25, 0.3) is 0 Å². The molecule has 0 radical (unpaired) electrons. The highest BCUT2D eigenvalue weighted by Crippen LogP contribution is 2.00. The molecule has 0 atom stereocenters. The number of carbonyl (C=O) groups excluding carboxylic acids is 1. The second kappa shape index (κ2) is 5.09. The Morgan fingerprint density at radius 2 is 2.38 bits per heavy atom. The Morgan fingerprint density at radius 1 is 1.75 bits per heavy atom. The third-order valence-corrected chi connectivity index (χ3v) is 1.55. The van der Waals surface area contributed by atoms with Crippen LogP contribution in [-0.4, -0.2) is 17.5 Å². The molecular formula is C5H9FOS. The van der Waals surface area contributed by atoms with Crippen LogP contribution in [0.1, 0.15) is 13.3 Å². The molecular weight excluding hydrogens is 127 g/mol. The van der Waals surface area contributed by atoms with Gasteiger partial charge in [-0.15, -0.1) is 0 Å². The Kier molecular flexibility index (Phi) is 5.06. The highest BCUT2D eigenvalue weighted by molar-refractivity contribution is 7.99. The van der Waals surface area contributed by atoms with Gasteiger partial charge in [-0.2, -0.15) is 16.2 Å². The molecule has 0 unspecified atom stereocenters. The van der Waals surface area contributed by atoms with Crippen LogP contribution < -0.4 is 0 Å². The highest BCUT2D eigenvalue weighted by atomic mass is 32.2. The maximum Gasteiger partial charge on any atom is 0.302 e. The first kappa shape index (κ1) is 7.95. The summed E-state index contributed by atoms with van der Waals surface area (Å²) < 4.78 is 11.4. The number of hydrogen-bond donors (Lipinski definition) is 0. The number of halogens is 1. The SMILES string of the molecule is CCSCCC(=O)F. The molecule has 48 valence electrons. The van der Waals surface area contributed by atoms with Crippen molar-refractivity contribution >= 4 is 17.8 Å². The quantitative estimate of drug-likeness (QED) is 0.431. The second-order valence-electron chi connectivity index (χ2n) is 1.30. The fourth-order valence-electron chi connectivity index (χ4n) is 0.297. The van der Waals surface area contributed by atoms with Crippen molar-refractivity contribution in [3.05, 3.63) is 0 Å². The number of thioether (sulfide) groups is 1. The first-order chi connectivity index (χ1) is 3.77. The van der Waals surface area contributed by atoms with Gasteiger partial charge in [-0.1, -0.05) is 6.92 Å². The molecule has 0 bridgehead atoms. The van der Waals surface area contributed by atoms with Crippen LogP contribution in [0.25, 0.3) is 0 Å². The zero-order valence-corrected chi connectivity index (χ0v) is 5.63. The van der Waals surface area contributed by atoms with Crippen molar-refractivity contribution in [2.45, 2.75) is 13.3 Å². The molecule has 0 rings (SSSR count). The minimum atomic E-state index is -1.20. The van der Waals surface area contributed by atoms with Crippen molar-refractivity contribution in [1.29, 1.82) is 0 Å². The van der Waals surface area contributed by atoms with E-state index in [9.17, 15) is 9.18 Å². The van der Waals surface area contributed by atoms with Crippen LogP contribution in [0.15, 0.2) is 0 Å². The largest absolute Gasteiger partial charge is 0.302 e. The van der Waals surface area contributed by atoms with Gasteiger partial charge >= 0.3 is 6.04 Å². The molecule has 0 saturated heterocycles. The molecule has 0 spiro atoms. The van der Waals surface area contributed by atoms with Crippen LogP contribution >= 0.6 is 11.8 Å². The van der Waals surface area contributed by atoms with Crippen LogP contribution in [0.4, 0.5) is 4.39 Å². The average Bonchev–Trinajstić information content (AvgIpc) is 1.66. The molecule has 8 heavy (non-hydrogen) atoms. The maximum absolute atomic E-state index is 11.4. The molecule has 0 aliphatic carbocycles. The summed E-state index contributed by atoms with van der Waals surface area (Å²) in [5.41, 5.74) is 0. The Morgan fingerprint density at radius 3 is 2.75 bits per heavy atom. The smallest absolute Gasteiger partial charge is 0.261 e. The van der Waals surface area contributed by atoms with Gasteiger partial charge in [-0.25, -0.2) is 0 Å². The lowest BCUT2D eigenvalue weighted by Crippen LogP contribution is -1.89. The number of rotatable bonds is 4. The third-order valence-electron chi connectivity index (χ3n) is 0.647. The number of hydrogen-bond acceptors (Lipinski definition) is 2. The van der Waals surface area contributed by atoms with Crippen LogP contribution in [0.5, 0.6) is 0 Å². The van der Waals surface area contributed by atoms with Gasteiger partial charge < -0.3 is 0 Å². The Hall–Kier alpha value is -0.0500. The van der Waals surface area contributed by atoms with Crippen molar-refractivity contribution in [2.24, 2.45) is 0 Å². The Labute approximate surface area is 52.6 Å². The van der Waals surface area contributed by atoms with Gasteiger partial charge in [0.1, 0.15) is 0 Å². The molecule has 0 amide bonds. The topological polar surface area (TPSA) is 17.1 Å². The van der Waals surface area contributed by atoms with E-state index in [4.69, 9.17) is 0 Å². The van der Waals surface area contributed by atoms with Crippen LogP contribution in [-0.2, 0) is 4.79 Å². The summed E-state index contributed by atoms with van der Waals surface area (Å²) in [7, 11) is 0. The second-order valence-corrected chi connectivity index (χ2v) is 2.70. The van der Waals surface area contributed by atoms with Gasteiger partial charge in [0.2, 0.25) is 0 Å². The molecule has 0 aromatic carbocycles. The van der Waals surface area contributed by atoms with E-state index in [1.165, 1.54) is 0 Å². The third kappa shape index (κ3) is 5.95. The van der Waals surface area contributed by atoms with E-state index >= 15 is 0 Å². The standard InChI is InChI=1S/C5H9FOS/c1-2-8-4-3-5(6)7/h2-4H2,1H3. The Bertz CT molecular complexity index is 74.8. The molecule has 0 N–H and O–H groups in total. The molecule has 3 heteroatoms. The average molecular weight is 136 g/mol. The van der Waals surface area contributed by atoms with Gasteiger partial charge in [-0.05, 0) is 5.75 Å². The zero-order chi connectivity index (χ0) is 6.41. The number of carbonyl (C=O) groups is 1. The molecule has 0 aliphatic heterocycles. The van der Waals surface area contributed by atoms with Crippen molar-refractivity contribution in [3.63, 3.8) is 0 Å². The summed E-state index contributed by atoms with van der Waals surface area (Å²) in [5.74, 6) is 1.57. The molecule has 0 fully saturated rings. The lowest BCUT2D eigenvalue weighted by Gasteiger charge is -1.88. The first-order valence-corrected chi connectivity index (χ1v) is 3.69. The lowest BCUT2D eigenvalue weighted by molar-refractivity contribution is -0.128. The zero-order valence-electron chi connectivity index (χ0n) is 4.82. The van der Waals surface area contributed by atoms with Crippen molar-refractivity contribution in [3.8, 4) is 0 Å². The van der Waals surface area contributed by atoms with Crippen molar-refractivity contribution < 1.29 is 9.18 Å². The maximum atomic E-state index is 11.4. The molecule has 0 aromatic heterocycles. The summed E-state index contributed by atoms with van der Waals surface area (Å²) in [6, 6.07) is -1.20. The van der Waals surface area contributed by atoms with E-state index in [-0.39, 0.29) is 6.42 Å². The normalized spacial score (nSPS) is 9.25. The summed E-state index contributed by atoms with van der Waals surface area (Å²) in [6.45, 7) is 1.98. The fourth-order valence-corrected chi connectivity index (χ4v) is 0.890. The molecule has 0 saturated carbocycles. The molecule has 0 aromatic rings. The lowest BCUT2D eigenvalue weighted by atomic mass is 10.5. The predicted octanol–water partition coefficient (Wildman–Crippen LogP) is 1.63. The van der Waals surface area contributed by atoms with Crippen LogP contribution in [0.3, 0.4) is 0 Å². The predicted molar refractivity (Wildman–Crippen MR) is 33.7 cm³/mol. The van der Waals surface area contributed by atoms with E-state index in [0.29, 0.717) is 5.75 Å². The van der Waals surface area contributed by atoms with E-state index < -0.39 is 6.04 Å². The van der Waals surface area contributed by atoms with Gasteiger partial charge in [-0.3, -0.25) is 4.79 Å². The Balaban J connectivity index is 2.82. The van der Waals surface area contributed by atoms with Crippen LogP contribution in [0.2, 0.25) is 0 Å². The summed E-state index contributed by atoms with van der Waals surface area (Å²) >= 11 is 1.58. The van der Waals surface area contributed by atoms with Gasteiger partial charge in [0, 0.05) is 12.2 Å². The van der Waals surface area contributed by atoms with Crippen LogP contribution in [0, 0.1) is 0 Å². The summed E-state index contributed by atoms with van der Waals surface area (Å²) in [6.07, 6.45) is 0.0680. The van der Waals surface area contributed by atoms with Gasteiger partial charge in [0.05, 0.1) is 0 Å². The van der Waals surface area contributed by atoms with E-state index in [1.54, 1.807) is 11.8 Å². The van der Waals surface area contributed by atoms with E-state index in [1.807, 2.05) is 6.92 Å². The first-order valence-electron chi connectivity index (χ1n) is 2.53. The minimum absolute atomic E-state index is 0.0680. The van der Waals surface area contributed by atoms with Gasteiger partial charge in [0.15, 0.2) is 0 Å². The highest BCUT2D eigenvalue weighted by Gasteiger charge is 1.94. The van der Waals surface area contributed by atoms with Crippen molar-refractivity contribution in [1.82, 2.24) is 0 Å². The summed E-state index contributed by atoms with van der Waals surface area (Å²) in [4.78, 5) is 9.64. The van der Waals surface area contributed by atoms with E-state index in [0.717, 1.165) is 5.75 Å². The monoisotopic (exact) mass is 136 g/mol. The van der Waals surface area contributed by atoms with E-state index in [2.05, 4.69) is 0 Å². The minimum Gasteiger partial charge on any atom is -0.261 e. The molecule has 1 nitrogen and oxygen atoms in total. The summed E-state index contributed by atoms with van der Waals surface area (Å²) in [5, 5.41) is 0.